The van der Waals surface area contributed by atoms with Crippen LogP contribution < -0.4 is 10.6 Å². The first-order valence-electron chi connectivity index (χ1n) is 9.13. The first-order valence-corrected chi connectivity index (χ1v) is 9.13. The molecule has 2 aromatic rings. The van der Waals surface area contributed by atoms with Crippen molar-refractivity contribution in [3.63, 3.8) is 0 Å². The van der Waals surface area contributed by atoms with Gasteiger partial charge in [0.2, 0.25) is 0 Å². The maximum Gasteiger partial charge on any atom is 0.324 e. The molecule has 27 heavy (non-hydrogen) atoms. The number of rotatable bonds is 4. The third-order valence-electron chi connectivity index (χ3n) is 5.06. The Kier molecular flexibility index (Phi) is 4.77. The summed E-state index contributed by atoms with van der Waals surface area (Å²) in [6, 6.07) is 8.77. The van der Waals surface area contributed by atoms with E-state index in [1.807, 2.05) is 29.2 Å². The Hall–Kier alpha value is -2.93. The molecule has 0 bridgehead atoms. The van der Waals surface area contributed by atoms with E-state index in [1.54, 1.807) is 19.4 Å². The Morgan fingerprint density at radius 2 is 2.19 bits per heavy atom. The number of hydrogen-bond donors (Lipinski definition) is 2. The van der Waals surface area contributed by atoms with Gasteiger partial charge in [-0.15, -0.1) is 0 Å². The van der Waals surface area contributed by atoms with Crippen LogP contribution in [0.4, 0.5) is 16.3 Å². The fraction of sp³-hybridized carbons (Fsp3) is 0.350. The number of carbonyl (C=O) groups excluding carboxylic acids is 2. The third kappa shape index (κ3) is 3.38. The first-order chi connectivity index (χ1) is 13.2. The van der Waals surface area contributed by atoms with Gasteiger partial charge >= 0.3 is 6.03 Å². The Labute approximate surface area is 157 Å². The van der Waals surface area contributed by atoms with Gasteiger partial charge in [0, 0.05) is 36.7 Å². The zero-order chi connectivity index (χ0) is 18.8. The van der Waals surface area contributed by atoms with Crippen LogP contribution in [0.5, 0.6) is 0 Å². The van der Waals surface area contributed by atoms with Crippen LogP contribution in [0.1, 0.15) is 46.8 Å². The van der Waals surface area contributed by atoms with Gasteiger partial charge in [0.25, 0.3) is 5.91 Å². The monoisotopic (exact) mass is 366 g/mol. The van der Waals surface area contributed by atoms with Gasteiger partial charge in [0.05, 0.1) is 12.6 Å². The molecular formula is C20H22N4O3. The SMILES string of the molecule is COCc1ccnc(NC(=O)Nc2cccc3c2C2CCCCN2C3=O)c1. The number of carbonyl (C=O) groups is 2. The number of anilines is 2. The molecule has 1 saturated heterocycles. The smallest absolute Gasteiger partial charge is 0.324 e. The van der Waals surface area contributed by atoms with E-state index < -0.39 is 0 Å². The fourth-order valence-corrected chi connectivity index (χ4v) is 3.92. The van der Waals surface area contributed by atoms with Crippen LogP contribution in [0.3, 0.4) is 0 Å². The molecule has 0 saturated carbocycles. The van der Waals surface area contributed by atoms with Gasteiger partial charge < -0.3 is 15.0 Å². The molecule has 3 heterocycles. The summed E-state index contributed by atoms with van der Waals surface area (Å²) in [7, 11) is 1.62. The normalized spacial score (nSPS) is 18.0. The number of hydrogen-bond acceptors (Lipinski definition) is 4. The number of fused-ring (bicyclic) bond motifs is 3. The van der Waals surface area contributed by atoms with Gasteiger partial charge in [-0.2, -0.15) is 0 Å². The van der Waals surface area contributed by atoms with Crippen molar-refractivity contribution in [2.24, 2.45) is 0 Å². The van der Waals surface area contributed by atoms with Crippen LogP contribution in [0, 0.1) is 0 Å². The van der Waals surface area contributed by atoms with Gasteiger partial charge in [-0.05, 0) is 49.1 Å². The lowest BCUT2D eigenvalue weighted by Crippen LogP contribution is -2.32. The molecule has 2 aliphatic rings. The molecule has 4 rings (SSSR count). The van der Waals surface area contributed by atoms with E-state index in [2.05, 4.69) is 15.6 Å². The van der Waals surface area contributed by atoms with Crippen molar-refractivity contribution in [2.75, 3.05) is 24.3 Å². The second-order valence-corrected chi connectivity index (χ2v) is 6.84. The minimum absolute atomic E-state index is 0.0564. The van der Waals surface area contributed by atoms with Crippen molar-refractivity contribution < 1.29 is 14.3 Å². The Morgan fingerprint density at radius 1 is 1.30 bits per heavy atom. The van der Waals surface area contributed by atoms with Gasteiger partial charge in [-0.1, -0.05) is 6.07 Å². The van der Waals surface area contributed by atoms with E-state index in [9.17, 15) is 9.59 Å². The summed E-state index contributed by atoms with van der Waals surface area (Å²) < 4.78 is 5.10. The lowest BCUT2D eigenvalue weighted by molar-refractivity contribution is 0.0672. The Bertz CT molecular complexity index is 883. The number of benzene rings is 1. The standard InChI is InChI=1S/C20H22N4O3/c1-27-12-13-8-9-21-17(11-13)23-20(26)22-15-6-4-5-14-18(15)16-7-2-3-10-24(16)19(14)25/h4-6,8-9,11,16H,2-3,7,10,12H2,1H3,(H2,21,22,23,26). The number of ether oxygens (including phenoxy) is 1. The van der Waals surface area contributed by atoms with Crippen molar-refractivity contribution in [2.45, 2.75) is 31.9 Å². The second-order valence-electron chi connectivity index (χ2n) is 6.84. The van der Waals surface area contributed by atoms with Crippen LogP contribution in [0.15, 0.2) is 36.5 Å². The topological polar surface area (TPSA) is 83.6 Å². The summed E-state index contributed by atoms with van der Waals surface area (Å²) in [6.45, 7) is 1.23. The molecule has 1 atom stereocenters. The molecule has 0 aliphatic carbocycles. The number of methoxy groups -OCH3 is 1. The van der Waals surface area contributed by atoms with Gasteiger partial charge in [-0.25, -0.2) is 9.78 Å². The summed E-state index contributed by atoms with van der Waals surface area (Å²) in [5, 5.41) is 5.64. The van der Waals surface area contributed by atoms with Crippen LogP contribution in [0.2, 0.25) is 0 Å². The van der Waals surface area contributed by atoms with Crippen LogP contribution >= 0.6 is 0 Å². The predicted octanol–water partition coefficient (Wildman–Crippen LogP) is 3.55. The third-order valence-corrected chi connectivity index (χ3v) is 5.06. The lowest BCUT2D eigenvalue weighted by Gasteiger charge is -2.30. The van der Waals surface area contributed by atoms with E-state index in [1.165, 1.54) is 0 Å². The van der Waals surface area contributed by atoms with E-state index >= 15 is 0 Å². The number of nitrogens with zero attached hydrogens (tertiary/aromatic N) is 2. The molecule has 7 nitrogen and oxygen atoms in total. The number of aromatic nitrogens is 1. The molecule has 1 unspecified atom stereocenters. The Balaban J connectivity index is 1.53. The summed E-state index contributed by atoms with van der Waals surface area (Å²) >= 11 is 0. The van der Waals surface area contributed by atoms with Gasteiger partial charge in [0.1, 0.15) is 5.82 Å². The van der Waals surface area contributed by atoms with E-state index in [4.69, 9.17) is 4.74 Å². The minimum atomic E-state index is -0.382. The highest BCUT2D eigenvalue weighted by atomic mass is 16.5. The molecule has 140 valence electrons. The second kappa shape index (κ2) is 7.36. The number of piperidine rings is 1. The molecule has 1 aromatic heterocycles. The molecule has 0 radical (unpaired) electrons. The average molecular weight is 366 g/mol. The summed E-state index contributed by atoms with van der Waals surface area (Å²) in [5.41, 5.74) is 3.23. The van der Waals surface area contributed by atoms with Crippen molar-refractivity contribution in [3.05, 3.63) is 53.2 Å². The molecular weight excluding hydrogens is 344 g/mol. The average Bonchev–Trinajstić information content (AvgIpc) is 2.96. The minimum Gasteiger partial charge on any atom is -0.380 e. The number of pyridine rings is 1. The van der Waals surface area contributed by atoms with E-state index in [-0.39, 0.29) is 18.0 Å². The van der Waals surface area contributed by atoms with E-state index in [0.717, 1.165) is 36.9 Å². The van der Waals surface area contributed by atoms with Crippen LogP contribution in [0.25, 0.3) is 0 Å². The number of amides is 3. The molecule has 1 aromatic carbocycles. The molecule has 0 spiro atoms. The van der Waals surface area contributed by atoms with Crippen molar-refractivity contribution in [1.82, 2.24) is 9.88 Å². The Morgan fingerprint density at radius 3 is 3.04 bits per heavy atom. The molecule has 3 amide bonds. The quantitative estimate of drug-likeness (QED) is 0.867. The molecule has 2 aliphatic heterocycles. The highest BCUT2D eigenvalue weighted by Crippen LogP contribution is 2.43. The fourth-order valence-electron chi connectivity index (χ4n) is 3.92. The van der Waals surface area contributed by atoms with Crippen molar-refractivity contribution in [1.29, 1.82) is 0 Å². The summed E-state index contributed by atoms with van der Waals surface area (Å²) in [4.78, 5) is 31.2. The predicted molar refractivity (Wildman–Crippen MR) is 102 cm³/mol. The lowest BCUT2D eigenvalue weighted by atomic mass is 9.96. The van der Waals surface area contributed by atoms with E-state index in [0.29, 0.717) is 23.7 Å². The van der Waals surface area contributed by atoms with Gasteiger partial charge in [-0.3, -0.25) is 10.1 Å². The number of urea groups is 1. The van der Waals surface area contributed by atoms with Crippen LogP contribution in [-0.2, 0) is 11.3 Å². The zero-order valence-corrected chi connectivity index (χ0v) is 15.2. The summed E-state index contributed by atoms with van der Waals surface area (Å²) in [5.74, 6) is 0.512. The first kappa shape index (κ1) is 17.5. The number of nitrogens with one attached hydrogen (secondary N) is 2. The maximum absolute atomic E-state index is 12.6. The molecule has 2 N–H and O–H groups in total. The van der Waals surface area contributed by atoms with Crippen LogP contribution in [-0.4, -0.2) is 35.5 Å². The van der Waals surface area contributed by atoms with Crippen molar-refractivity contribution >= 4 is 23.4 Å². The molecule has 7 heteroatoms. The van der Waals surface area contributed by atoms with Gasteiger partial charge in [0.15, 0.2) is 0 Å². The zero-order valence-electron chi connectivity index (χ0n) is 15.2. The maximum atomic E-state index is 12.6. The largest absolute Gasteiger partial charge is 0.380 e. The highest BCUT2D eigenvalue weighted by molar-refractivity contribution is 6.04. The highest BCUT2D eigenvalue weighted by Gasteiger charge is 2.39. The van der Waals surface area contributed by atoms with Crippen molar-refractivity contribution in [3.8, 4) is 0 Å². The summed E-state index contributed by atoms with van der Waals surface area (Å²) in [6.07, 6.45) is 4.68. The molecule has 1 fully saturated rings.